The highest BCUT2D eigenvalue weighted by molar-refractivity contribution is 7.90. The summed E-state index contributed by atoms with van der Waals surface area (Å²) < 4.78 is 26.6. The van der Waals surface area contributed by atoms with Crippen LogP contribution in [0.25, 0.3) is 0 Å². The summed E-state index contributed by atoms with van der Waals surface area (Å²) in [5.74, 6) is -0.168. The number of hydrogen-bond acceptors (Lipinski definition) is 4. The van der Waals surface area contributed by atoms with Crippen LogP contribution in [0, 0.1) is 5.92 Å². The van der Waals surface area contributed by atoms with Gasteiger partial charge in [0, 0.05) is 19.8 Å². The Kier molecular flexibility index (Phi) is 5.29. The van der Waals surface area contributed by atoms with Gasteiger partial charge in [0.25, 0.3) is 0 Å². The summed E-state index contributed by atoms with van der Waals surface area (Å²) in [5, 5.41) is 0. The molecule has 0 aliphatic rings. The van der Waals surface area contributed by atoms with Crippen molar-refractivity contribution >= 4 is 15.6 Å². The number of methoxy groups -OCH3 is 1. The van der Waals surface area contributed by atoms with E-state index in [9.17, 15) is 13.2 Å². The third-order valence-electron chi connectivity index (χ3n) is 1.90. The first-order valence-electron chi connectivity index (χ1n) is 4.51. The van der Waals surface area contributed by atoms with Crippen LogP contribution in [0.1, 0.15) is 20.3 Å². The zero-order valence-corrected chi connectivity index (χ0v) is 9.93. The van der Waals surface area contributed by atoms with E-state index in [1.54, 1.807) is 0 Å². The maximum absolute atomic E-state index is 11.5. The number of rotatable bonds is 6. The summed E-state index contributed by atoms with van der Waals surface area (Å²) in [7, 11) is -1.60. The third kappa shape index (κ3) is 5.34. The predicted molar refractivity (Wildman–Crippen MR) is 55.0 cm³/mol. The number of carbonyl (C=O) groups excluding carboxylic acids is 1. The van der Waals surface area contributed by atoms with E-state index in [2.05, 4.69) is 0 Å². The molecule has 0 heterocycles. The Morgan fingerprint density at radius 3 is 2.14 bits per heavy atom. The van der Waals surface area contributed by atoms with Gasteiger partial charge in [-0.15, -0.1) is 0 Å². The molecule has 0 radical (unpaired) electrons. The molecule has 14 heavy (non-hydrogen) atoms. The van der Waals surface area contributed by atoms with Crippen molar-refractivity contribution < 1.29 is 17.9 Å². The van der Waals surface area contributed by atoms with Crippen LogP contribution in [0.3, 0.4) is 0 Å². The van der Waals surface area contributed by atoms with Crippen LogP contribution in [0.5, 0.6) is 0 Å². The monoisotopic (exact) mass is 222 g/mol. The lowest BCUT2D eigenvalue weighted by molar-refractivity contribution is -0.130. The number of hydrogen-bond donors (Lipinski definition) is 0. The molecular weight excluding hydrogens is 204 g/mol. The summed E-state index contributed by atoms with van der Waals surface area (Å²) >= 11 is 0. The first-order valence-corrected chi connectivity index (χ1v) is 6.57. The third-order valence-corrected chi connectivity index (χ3v) is 2.84. The van der Waals surface area contributed by atoms with Gasteiger partial charge in [0.05, 0.1) is 5.75 Å². The second kappa shape index (κ2) is 5.46. The summed E-state index contributed by atoms with van der Waals surface area (Å²) in [6.07, 6.45) is 0.671. The molecule has 0 aromatic rings. The second-order valence-electron chi connectivity index (χ2n) is 3.75. The fourth-order valence-corrected chi connectivity index (χ4v) is 1.78. The Morgan fingerprint density at radius 2 is 1.86 bits per heavy atom. The molecule has 0 saturated heterocycles. The van der Waals surface area contributed by atoms with Crippen LogP contribution >= 0.6 is 0 Å². The highest BCUT2D eigenvalue weighted by Gasteiger charge is 2.22. The lowest BCUT2D eigenvalue weighted by atomic mass is 10.0. The number of carbonyl (C=O) groups is 1. The van der Waals surface area contributed by atoms with Crippen molar-refractivity contribution in [2.45, 2.75) is 26.4 Å². The number of sulfone groups is 1. The Bertz CT molecular complexity index is 279. The van der Waals surface area contributed by atoms with Crippen LogP contribution in [-0.4, -0.2) is 39.4 Å². The molecule has 5 heteroatoms. The molecule has 0 N–H and O–H groups in total. The van der Waals surface area contributed by atoms with Crippen molar-refractivity contribution in [3.8, 4) is 0 Å². The molecular formula is C9H18O4S. The van der Waals surface area contributed by atoms with Gasteiger partial charge < -0.3 is 4.74 Å². The molecule has 1 unspecified atom stereocenters. The highest BCUT2D eigenvalue weighted by atomic mass is 32.2. The van der Waals surface area contributed by atoms with Gasteiger partial charge in [-0.1, -0.05) is 13.8 Å². The van der Waals surface area contributed by atoms with E-state index in [0.717, 1.165) is 6.26 Å². The molecule has 0 aromatic carbocycles. The molecule has 0 fully saturated rings. The van der Waals surface area contributed by atoms with Crippen LogP contribution < -0.4 is 0 Å². The molecule has 4 nitrogen and oxygen atoms in total. The Labute approximate surface area is 85.6 Å². The minimum atomic E-state index is -3.06. The molecule has 0 aromatic heterocycles. The van der Waals surface area contributed by atoms with Crippen molar-refractivity contribution in [3.63, 3.8) is 0 Å². The van der Waals surface area contributed by atoms with Crippen molar-refractivity contribution in [1.29, 1.82) is 0 Å². The van der Waals surface area contributed by atoms with Crippen LogP contribution in [0.15, 0.2) is 0 Å². The van der Waals surface area contributed by atoms with E-state index in [0.29, 0.717) is 0 Å². The van der Waals surface area contributed by atoms with Gasteiger partial charge in [0.1, 0.15) is 15.9 Å². The van der Waals surface area contributed by atoms with Crippen LogP contribution in [0.4, 0.5) is 0 Å². The van der Waals surface area contributed by atoms with E-state index in [1.165, 1.54) is 7.11 Å². The molecule has 0 bridgehead atoms. The molecule has 0 rings (SSSR count). The van der Waals surface area contributed by atoms with E-state index >= 15 is 0 Å². The number of ether oxygens (including phenoxy) is 1. The minimum absolute atomic E-state index is 0.0372. The minimum Gasteiger partial charge on any atom is -0.373 e. The summed E-state index contributed by atoms with van der Waals surface area (Å²) in [5.41, 5.74) is 0. The number of ketones is 1. The van der Waals surface area contributed by atoms with Crippen LogP contribution in [0.2, 0.25) is 0 Å². The molecule has 0 amide bonds. The van der Waals surface area contributed by atoms with Crippen molar-refractivity contribution in [3.05, 3.63) is 0 Å². The highest BCUT2D eigenvalue weighted by Crippen LogP contribution is 2.09. The van der Waals surface area contributed by atoms with Gasteiger partial charge in [-0.25, -0.2) is 8.42 Å². The maximum atomic E-state index is 11.5. The largest absolute Gasteiger partial charge is 0.373 e. The maximum Gasteiger partial charge on any atom is 0.162 e. The standard InChI is InChI=1S/C9H18O4S/c1-7(2)9(13-3)8(10)5-6-14(4,11)12/h7,9H,5-6H2,1-4H3. The van der Waals surface area contributed by atoms with E-state index in [-0.39, 0.29) is 23.9 Å². The van der Waals surface area contributed by atoms with Crippen molar-refractivity contribution in [2.24, 2.45) is 5.92 Å². The molecule has 0 saturated carbocycles. The molecule has 1 atom stereocenters. The van der Waals surface area contributed by atoms with Crippen molar-refractivity contribution in [2.75, 3.05) is 19.1 Å². The van der Waals surface area contributed by atoms with Gasteiger partial charge in [-0.3, -0.25) is 4.79 Å². The van der Waals surface area contributed by atoms with Gasteiger partial charge in [0.2, 0.25) is 0 Å². The quantitative estimate of drug-likeness (QED) is 0.662. The zero-order valence-electron chi connectivity index (χ0n) is 9.11. The topological polar surface area (TPSA) is 60.4 Å². The first kappa shape index (κ1) is 13.6. The normalized spacial score (nSPS) is 14.4. The molecule has 0 aliphatic carbocycles. The lowest BCUT2D eigenvalue weighted by Gasteiger charge is -2.17. The Morgan fingerprint density at radius 1 is 1.36 bits per heavy atom. The Hall–Kier alpha value is -0.420. The summed E-state index contributed by atoms with van der Waals surface area (Å²) in [4.78, 5) is 11.5. The van der Waals surface area contributed by atoms with E-state index in [1.807, 2.05) is 13.8 Å². The average Bonchev–Trinajstić information content (AvgIpc) is 2.00. The van der Waals surface area contributed by atoms with Gasteiger partial charge in [0.15, 0.2) is 5.78 Å². The first-order chi connectivity index (χ1) is 6.28. The van der Waals surface area contributed by atoms with Gasteiger partial charge in [-0.2, -0.15) is 0 Å². The van der Waals surface area contributed by atoms with E-state index in [4.69, 9.17) is 4.74 Å². The Balaban J connectivity index is 4.20. The summed E-state index contributed by atoms with van der Waals surface area (Å²) in [6, 6.07) is 0. The van der Waals surface area contributed by atoms with Gasteiger partial charge in [-0.05, 0) is 5.92 Å². The van der Waals surface area contributed by atoms with Crippen molar-refractivity contribution in [1.82, 2.24) is 0 Å². The smallest absolute Gasteiger partial charge is 0.162 e. The SMILES string of the molecule is COC(C(=O)CCS(C)(=O)=O)C(C)C. The van der Waals surface area contributed by atoms with E-state index < -0.39 is 15.9 Å². The molecule has 84 valence electrons. The zero-order chi connectivity index (χ0) is 11.4. The number of Topliss-reactive ketones (excluding diaryl/α,β-unsaturated/α-hetero) is 1. The fourth-order valence-electron chi connectivity index (χ4n) is 1.20. The molecule has 0 spiro atoms. The second-order valence-corrected chi connectivity index (χ2v) is 6.01. The van der Waals surface area contributed by atoms with Gasteiger partial charge >= 0.3 is 0 Å². The fraction of sp³-hybridized carbons (Fsp3) is 0.889. The lowest BCUT2D eigenvalue weighted by Crippen LogP contribution is -2.29. The average molecular weight is 222 g/mol. The molecule has 0 aliphatic heterocycles. The summed E-state index contributed by atoms with van der Waals surface area (Å²) in [6.45, 7) is 3.74. The predicted octanol–water partition coefficient (Wildman–Crippen LogP) is 0.661. The van der Waals surface area contributed by atoms with Crippen LogP contribution in [-0.2, 0) is 19.4 Å².